The average molecular weight is 397 g/mol. The van der Waals surface area contributed by atoms with Crippen LogP contribution in [0, 0.1) is 6.92 Å². The molecule has 3 aromatic heterocycles. The van der Waals surface area contributed by atoms with Crippen molar-refractivity contribution >= 4 is 40.2 Å². The van der Waals surface area contributed by atoms with E-state index >= 15 is 0 Å². The number of thioether (sulfide) groups is 1. The van der Waals surface area contributed by atoms with Gasteiger partial charge in [0.1, 0.15) is 11.2 Å². The number of hydrogen-bond acceptors (Lipinski definition) is 6. The summed E-state index contributed by atoms with van der Waals surface area (Å²) in [5.41, 5.74) is 2.55. The minimum atomic E-state index is -0.320. The summed E-state index contributed by atoms with van der Waals surface area (Å²) in [6, 6.07) is 13.2. The van der Waals surface area contributed by atoms with E-state index in [-0.39, 0.29) is 17.2 Å². The summed E-state index contributed by atoms with van der Waals surface area (Å²) in [6.07, 6.45) is 0. The van der Waals surface area contributed by atoms with Gasteiger partial charge in [0, 0.05) is 5.69 Å². The number of aromatic nitrogens is 4. The van der Waals surface area contributed by atoms with Crippen LogP contribution in [0.15, 0.2) is 57.8 Å². The number of benzene rings is 1. The van der Waals surface area contributed by atoms with Gasteiger partial charge in [-0.25, -0.2) is 9.61 Å². The Morgan fingerprint density at radius 2 is 2.15 bits per heavy atom. The summed E-state index contributed by atoms with van der Waals surface area (Å²) in [7, 11) is 0. The third kappa shape index (κ3) is 3.64. The van der Waals surface area contributed by atoms with E-state index in [1.54, 1.807) is 17.4 Å². The molecule has 3 heterocycles. The van der Waals surface area contributed by atoms with Crippen molar-refractivity contribution in [1.82, 2.24) is 19.8 Å². The van der Waals surface area contributed by atoms with Crippen LogP contribution in [0.1, 0.15) is 5.56 Å². The SMILES string of the molecule is Cc1ccccc1NC(=O)CSc1n[nH]c(=O)c2cc(-c3cccs3)nn12. The van der Waals surface area contributed by atoms with Crippen LogP contribution in [0.4, 0.5) is 5.69 Å². The van der Waals surface area contributed by atoms with Crippen LogP contribution >= 0.6 is 23.1 Å². The van der Waals surface area contributed by atoms with Gasteiger partial charge >= 0.3 is 0 Å². The smallest absolute Gasteiger partial charge is 0.290 e. The number of carbonyl (C=O) groups is 1. The summed E-state index contributed by atoms with van der Waals surface area (Å²) < 4.78 is 1.49. The molecule has 0 saturated heterocycles. The summed E-state index contributed by atoms with van der Waals surface area (Å²) in [5.74, 6) is -0.00229. The summed E-state index contributed by atoms with van der Waals surface area (Å²) >= 11 is 2.76. The van der Waals surface area contributed by atoms with Crippen LogP contribution in [-0.2, 0) is 4.79 Å². The zero-order valence-electron chi connectivity index (χ0n) is 14.3. The molecule has 1 aromatic carbocycles. The highest BCUT2D eigenvalue weighted by Gasteiger charge is 2.14. The first kappa shape index (κ1) is 17.5. The van der Waals surface area contributed by atoms with Crippen molar-refractivity contribution in [3.05, 3.63) is 63.8 Å². The molecule has 4 aromatic rings. The fraction of sp³-hybridized carbons (Fsp3) is 0.111. The fourth-order valence-corrected chi connectivity index (χ4v) is 3.94. The fourth-order valence-electron chi connectivity index (χ4n) is 2.56. The van der Waals surface area contributed by atoms with E-state index in [1.807, 2.05) is 48.7 Å². The van der Waals surface area contributed by atoms with Gasteiger partial charge in [0.25, 0.3) is 5.56 Å². The maximum atomic E-state index is 12.3. The van der Waals surface area contributed by atoms with Gasteiger partial charge in [-0.15, -0.1) is 16.4 Å². The molecule has 0 spiro atoms. The van der Waals surface area contributed by atoms with E-state index in [4.69, 9.17) is 0 Å². The van der Waals surface area contributed by atoms with Crippen LogP contribution in [0.5, 0.6) is 0 Å². The number of H-pyrrole nitrogens is 1. The lowest BCUT2D eigenvalue weighted by Crippen LogP contribution is -2.17. The Hall–Kier alpha value is -2.91. The lowest BCUT2D eigenvalue weighted by molar-refractivity contribution is -0.113. The van der Waals surface area contributed by atoms with Gasteiger partial charge in [-0.3, -0.25) is 9.59 Å². The van der Waals surface area contributed by atoms with Gasteiger partial charge in [0.15, 0.2) is 0 Å². The second-order valence-electron chi connectivity index (χ2n) is 5.79. The number of carbonyl (C=O) groups excluding carboxylic acids is 1. The maximum absolute atomic E-state index is 12.3. The van der Waals surface area contributed by atoms with Gasteiger partial charge in [-0.05, 0) is 36.1 Å². The molecular formula is C18H15N5O2S2. The van der Waals surface area contributed by atoms with E-state index in [2.05, 4.69) is 20.6 Å². The summed E-state index contributed by atoms with van der Waals surface area (Å²) in [5, 5.41) is 16.3. The third-order valence-corrected chi connectivity index (χ3v) is 5.72. The van der Waals surface area contributed by atoms with Gasteiger partial charge < -0.3 is 5.32 Å². The zero-order chi connectivity index (χ0) is 18.8. The molecule has 9 heteroatoms. The Bertz CT molecular complexity index is 1160. The first-order valence-electron chi connectivity index (χ1n) is 8.12. The Morgan fingerprint density at radius 3 is 2.93 bits per heavy atom. The van der Waals surface area contributed by atoms with Crippen molar-refractivity contribution in [2.24, 2.45) is 0 Å². The van der Waals surface area contributed by atoms with Gasteiger partial charge in [0.05, 0.1) is 10.6 Å². The highest BCUT2D eigenvalue weighted by atomic mass is 32.2. The number of hydrogen-bond donors (Lipinski definition) is 2. The second-order valence-corrected chi connectivity index (χ2v) is 7.68. The number of amides is 1. The molecule has 0 aliphatic heterocycles. The van der Waals surface area contributed by atoms with Crippen molar-refractivity contribution in [2.75, 3.05) is 11.1 Å². The lowest BCUT2D eigenvalue weighted by Gasteiger charge is -2.07. The predicted octanol–water partition coefficient (Wildman–Crippen LogP) is 3.19. The van der Waals surface area contributed by atoms with Crippen LogP contribution in [0.3, 0.4) is 0 Å². The van der Waals surface area contributed by atoms with Crippen LogP contribution in [-0.4, -0.2) is 31.5 Å². The summed E-state index contributed by atoms with van der Waals surface area (Å²) in [4.78, 5) is 25.3. The van der Waals surface area contributed by atoms with Crippen molar-refractivity contribution in [1.29, 1.82) is 0 Å². The first-order chi connectivity index (χ1) is 13.1. The third-order valence-electron chi connectivity index (χ3n) is 3.90. The average Bonchev–Trinajstić information content (AvgIpc) is 3.33. The number of para-hydroxylation sites is 1. The van der Waals surface area contributed by atoms with Crippen molar-refractivity contribution in [3.63, 3.8) is 0 Å². The number of fused-ring (bicyclic) bond motifs is 1. The Labute approximate surface area is 162 Å². The minimum absolute atomic E-state index is 0.149. The molecule has 1 amide bonds. The molecule has 4 rings (SSSR count). The predicted molar refractivity (Wildman–Crippen MR) is 107 cm³/mol. The number of nitrogens with zero attached hydrogens (tertiary/aromatic N) is 3. The molecule has 0 saturated carbocycles. The van der Waals surface area contributed by atoms with Gasteiger partial charge in [-0.2, -0.15) is 5.10 Å². The first-order valence-corrected chi connectivity index (χ1v) is 9.99. The van der Waals surface area contributed by atoms with Crippen molar-refractivity contribution < 1.29 is 4.79 Å². The molecule has 136 valence electrons. The lowest BCUT2D eigenvalue weighted by atomic mass is 10.2. The number of aromatic amines is 1. The van der Waals surface area contributed by atoms with E-state index in [0.717, 1.165) is 16.1 Å². The monoisotopic (exact) mass is 397 g/mol. The molecule has 0 fully saturated rings. The summed E-state index contributed by atoms with van der Waals surface area (Å²) in [6.45, 7) is 1.94. The van der Waals surface area contributed by atoms with Crippen LogP contribution < -0.4 is 10.9 Å². The molecule has 0 unspecified atom stereocenters. The van der Waals surface area contributed by atoms with E-state index in [9.17, 15) is 9.59 Å². The molecule has 27 heavy (non-hydrogen) atoms. The highest BCUT2D eigenvalue weighted by Crippen LogP contribution is 2.25. The van der Waals surface area contributed by atoms with E-state index in [1.165, 1.54) is 16.3 Å². The molecule has 0 bridgehead atoms. The Kier molecular flexibility index (Phi) is 4.78. The molecule has 0 atom stereocenters. The minimum Gasteiger partial charge on any atom is -0.325 e. The second kappa shape index (κ2) is 7.37. The quantitative estimate of drug-likeness (QED) is 0.505. The molecule has 0 radical (unpaired) electrons. The standard InChI is InChI=1S/C18H15N5O2S2/c1-11-5-2-3-6-12(11)19-16(24)10-27-18-21-20-17(25)14-9-13(22-23(14)18)15-7-4-8-26-15/h2-9H,10H2,1H3,(H,19,24)(H,20,25). The van der Waals surface area contributed by atoms with Gasteiger partial charge in [0.2, 0.25) is 11.1 Å². The maximum Gasteiger partial charge on any atom is 0.290 e. The number of aryl methyl sites for hydroxylation is 1. The van der Waals surface area contributed by atoms with E-state index < -0.39 is 0 Å². The van der Waals surface area contributed by atoms with Crippen molar-refractivity contribution in [2.45, 2.75) is 12.1 Å². The van der Waals surface area contributed by atoms with Crippen LogP contribution in [0.2, 0.25) is 0 Å². The number of nitrogens with one attached hydrogen (secondary N) is 2. The molecule has 7 nitrogen and oxygen atoms in total. The van der Waals surface area contributed by atoms with Crippen molar-refractivity contribution in [3.8, 4) is 10.6 Å². The number of thiophene rings is 1. The Balaban J connectivity index is 1.55. The van der Waals surface area contributed by atoms with E-state index in [0.29, 0.717) is 16.4 Å². The largest absolute Gasteiger partial charge is 0.325 e. The topological polar surface area (TPSA) is 92.1 Å². The highest BCUT2D eigenvalue weighted by molar-refractivity contribution is 7.99. The van der Waals surface area contributed by atoms with Crippen LogP contribution in [0.25, 0.3) is 16.1 Å². The molecule has 0 aliphatic carbocycles. The molecule has 2 N–H and O–H groups in total. The normalized spacial score (nSPS) is 11.0. The number of rotatable bonds is 5. The molecule has 0 aliphatic rings. The molecular weight excluding hydrogens is 382 g/mol. The Morgan fingerprint density at radius 1 is 1.30 bits per heavy atom. The van der Waals surface area contributed by atoms with Gasteiger partial charge in [-0.1, -0.05) is 36.0 Å². The zero-order valence-corrected chi connectivity index (χ0v) is 15.9. The number of anilines is 1.